The Hall–Kier alpha value is -5.46. The van der Waals surface area contributed by atoms with Gasteiger partial charge in [0.15, 0.2) is 6.33 Å². The van der Waals surface area contributed by atoms with Crippen molar-refractivity contribution in [3.8, 4) is 28.7 Å². The van der Waals surface area contributed by atoms with E-state index in [4.69, 9.17) is 4.74 Å². The number of phenolic OH excluding ortho intramolecular Hbond substituents is 4. The number of aromatic hydroxyl groups is 4. The van der Waals surface area contributed by atoms with Crippen molar-refractivity contribution >= 4 is 17.7 Å². The SMILES string of the molecule is O=C(N[C@@H]1CCC[C@H]1OC(=O)c1cc(O)c(C(=O)c2c(O)cccc2-n2ncnn2)c(O)c1)c1ccc(O)cc1. The number of ether oxygens (including phenoxy) is 1. The highest BCUT2D eigenvalue weighted by Gasteiger charge is 2.33. The van der Waals surface area contributed by atoms with Crippen LogP contribution < -0.4 is 5.32 Å². The quantitative estimate of drug-likeness (QED) is 0.169. The third-order valence-electron chi connectivity index (χ3n) is 6.53. The van der Waals surface area contributed by atoms with Crippen LogP contribution in [0.15, 0.2) is 60.9 Å². The highest BCUT2D eigenvalue weighted by atomic mass is 16.5. The van der Waals surface area contributed by atoms with Crippen molar-refractivity contribution in [1.29, 1.82) is 0 Å². The van der Waals surface area contributed by atoms with Gasteiger partial charge in [-0.05, 0) is 73.0 Å². The number of phenols is 4. The van der Waals surface area contributed by atoms with Gasteiger partial charge in [0.25, 0.3) is 5.91 Å². The smallest absolute Gasteiger partial charge is 0.338 e. The van der Waals surface area contributed by atoms with Gasteiger partial charge in [-0.3, -0.25) is 9.59 Å². The summed E-state index contributed by atoms with van der Waals surface area (Å²) in [6.45, 7) is 0. The van der Waals surface area contributed by atoms with Gasteiger partial charge < -0.3 is 30.5 Å². The van der Waals surface area contributed by atoms with E-state index in [1.54, 1.807) is 0 Å². The van der Waals surface area contributed by atoms with E-state index in [0.717, 1.165) is 23.3 Å². The Morgan fingerprint density at radius 2 is 1.60 bits per heavy atom. The molecule has 0 unspecified atom stereocenters. The van der Waals surface area contributed by atoms with Gasteiger partial charge >= 0.3 is 5.97 Å². The second-order valence-corrected chi connectivity index (χ2v) is 9.12. The lowest BCUT2D eigenvalue weighted by molar-refractivity contribution is 0.0249. The van der Waals surface area contributed by atoms with Crippen LogP contribution in [-0.2, 0) is 4.74 Å². The van der Waals surface area contributed by atoms with Crippen molar-refractivity contribution in [1.82, 2.24) is 25.5 Å². The maximum absolute atomic E-state index is 13.3. The van der Waals surface area contributed by atoms with E-state index in [9.17, 15) is 34.8 Å². The molecule has 0 spiro atoms. The summed E-state index contributed by atoms with van der Waals surface area (Å²) in [7, 11) is 0. The van der Waals surface area contributed by atoms with Crippen LogP contribution in [0.4, 0.5) is 0 Å². The van der Waals surface area contributed by atoms with Gasteiger partial charge in [0.05, 0.1) is 17.2 Å². The molecule has 0 bridgehead atoms. The van der Waals surface area contributed by atoms with E-state index >= 15 is 0 Å². The predicted octanol–water partition coefficient (Wildman–Crippen LogP) is 2.22. The molecule has 0 saturated heterocycles. The minimum Gasteiger partial charge on any atom is -0.508 e. The molecule has 1 aliphatic rings. The number of esters is 1. The second kappa shape index (κ2) is 10.7. The fourth-order valence-corrected chi connectivity index (χ4v) is 4.59. The van der Waals surface area contributed by atoms with Gasteiger partial charge in [-0.1, -0.05) is 6.07 Å². The van der Waals surface area contributed by atoms with Crippen LogP contribution in [0, 0.1) is 0 Å². The first-order chi connectivity index (χ1) is 19.2. The first-order valence-electron chi connectivity index (χ1n) is 12.2. The van der Waals surface area contributed by atoms with E-state index in [1.807, 2.05) is 0 Å². The maximum atomic E-state index is 13.3. The summed E-state index contributed by atoms with van der Waals surface area (Å²) in [6, 6.07) is 11.3. The summed E-state index contributed by atoms with van der Waals surface area (Å²) in [5.41, 5.74) is -0.708. The van der Waals surface area contributed by atoms with Crippen LogP contribution in [0.5, 0.6) is 23.0 Å². The number of amides is 1. The summed E-state index contributed by atoms with van der Waals surface area (Å²) >= 11 is 0. The Kier molecular flexibility index (Phi) is 7.01. The lowest BCUT2D eigenvalue weighted by atomic mass is 9.97. The van der Waals surface area contributed by atoms with E-state index in [1.165, 1.54) is 42.5 Å². The lowest BCUT2D eigenvalue weighted by Crippen LogP contribution is -2.41. The molecule has 3 aromatic carbocycles. The number of ketones is 1. The molecular weight excluding hydrogens is 522 g/mol. The summed E-state index contributed by atoms with van der Waals surface area (Å²) < 4.78 is 5.58. The molecule has 13 heteroatoms. The molecule has 4 aromatic rings. The molecule has 1 saturated carbocycles. The molecule has 40 heavy (non-hydrogen) atoms. The first-order valence-corrected chi connectivity index (χ1v) is 12.2. The van der Waals surface area contributed by atoms with Gasteiger partial charge in [-0.2, -0.15) is 0 Å². The Labute approximate surface area is 226 Å². The highest BCUT2D eigenvalue weighted by molar-refractivity contribution is 6.16. The van der Waals surface area contributed by atoms with E-state index in [0.29, 0.717) is 24.8 Å². The molecule has 2 atom stereocenters. The van der Waals surface area contributed by atoms with E-state index < -0.39 is 52.6 Å². The maximum Gasteiger partial charge on any atom is 0.338 e. The van der Waals surface area contributed by atoms with Crippen LogP contribution in [0.25, 0.3) is 5.69 Å². The van der Waals surface area contributed by atoms with E-state index in [-0.39, 0.29) is 22.6 Å². The number of rotatable bonds is 7. The van der Waals surface area contributed by atoms with Gasteiger partial charge in [-0.25, -0.2) is 4.79 Å². The molecule has 13 nitrogen and oxygen atoms in total. The number of tetrazole rings is 1. The van der Waals surface area contributed by atoms with Crippen molar-refractivity contribution in [3.05, 3.63) is 83.2 Å². The summed E-state index contributed by atoms with van der Waals surface area (Å²) in [4.78, 5) is 39.8. The fourth-order valence-electron chi connectivity index (χ4n) is 4.59. The molecule has 1 heterocycles. The average Bonchev–Trinajstić information content (AvgIpc) is 3.61. The van der Waals surface area contributed by atoms with Crippen LogP contribution in [0.1, 0.15) is 55.9 Å². The summed E-state index contributed by atoms with van der Waals surface area (Å²) in [5, 5.41) is 55.1. The molecule has 5 N–H and O–H groups in total. The van der Waals surface area contributed by atoms with Crippen molar-refractivity contribution in [2.24, 2.45) is 0 Å². The number of benzene rings is 3. The van der Waals surface area contributed by atoms with Crippen LogP contribution in [0.2, 0.25) is 0 Å². The zero-order chi connectivity index (χ0) is 28.4. The van der Waals surface area contributed by atoms with E-state index in [2.05, 4.69) is 20.7 Å². The topological polar surface area (TPSA) is 197 Å². The van der Waals surface area contributed by atoms with Crippen LogP contribution in [-0.4, -0.2) is 70.4 Å². The summed E-state index contributed by atoms with van der Waals surface area (Å²) in [6.07, 6.45) is 2.19. The fraction of sp³-hybridized carbons (Fsp3) is 0.185. The third kappa shape index (κ3) is 5.12. The Bertz CT molecular complexity index is 1560. The van der Waals surface area contributed by atoms with Crippen molar-refractivity contribution < 1.29 is 39.5 Å². The summed E-state index contributed by atoms with van der Waals surface area (Å²) in [5.74, 6) is -4.10. The predicted molar refractivity (Wildman–Crippen MR) is 136 cm³/mol. The highest BCUT2D eigenvalue weighted by Crippen LogP contribution is 2.36. The Balaban J connectivity index is 1.34. The molecule has 1 fully saturated rings. The number of hydrogen-bond acceptors (Lipinski definition) is 11. The van der Waals surface area contributed by atoms with Gasteiger partial charge in [-0.15, -0.1) is 15.0 Å². The molecule has 0 aliphatic heterocycles. The second-order valence-electron chi connectivity index (χ2n) is 9.12. The average molecular weight is 546 g/mol. The Morgan fingerprint density at radius 1 is 0.875 bits per heavy atom. The minimum absolute atomic E-state index is 0.0247. The van der Waals surface area contributed by atoms with Crippen molar-refractivity contribution in [2.45, 2.75) is 31.4 Å². The monoisotopic (exact) mass is 545 g/mol. The number of carbonyl (C=O) groups excluding carboxylic acids is 3. The van der Waals surface area contributed by atoms with Crippen LogP contribution in [0.3, 0.4) is 0 Å². The molecule has 1 amide bonds. The zero-order valence-corrected chi connectivity index (χ0v) is 20.8. The number of carbonyl (C=O) groups is 3. The van der Waals surface area contributed by atoms with Gasteiger partial charge in [0, 0.05) is 5.56 Å². The first kappa shape index (κ1) is 26.2. The third-order valence-corrected chi connectivity index (χ3v) is 6.53. The molecule has 0 radical (unpaired) electrons. The lowest BCUT2D eigenvalue weighted by Gasteiger charge is -2.21. The largest absolute Gasteiger partial charge is 0.508 e. The van der Waals surface area contributed by atoms with Crippen LogP contribution >= 0.6 is 0 Å². The molecular formula is C27H23N5O8. The number of hydrogen-bond donors (Lipinski definition) is 5. The molecule has 1 aromatic heterocycles. The standard InChI is InChI=1S/C27H23N5O8/c33-16-9-7-14(8-10-16)26(38)30-17-3-1-6-22(17)40-27(39)15-11-20(35)24(21(36)12-15)25(37)23-18(4-2-5-19(23)34)32-29-13-28-31-32/h2,4-5,7-13,17,22,33-36H,1,3,6H2,(H,30,38)/t17-,22-/m1/s1. The number of nitrogens with zero attached hydrogens (tertiary/aromatic N) is 4. The van der Waals surface area contributed by atoms with Gasteiger partial charge in [0.1, 0.15) is 40.4 Å². The molecule has 1 aliphatic carbocycles. The van der Waals surface area contributed by atoms with Crippen molar-refractivity contribution in [3.63, 3.8) is 0 Å². The number of nitrogens with one attached hydrogen (secondary N) is 1. The zero-order valence-electron chi connectivity index (χ0n) is 20.8. The minimum atomic E-state index is -0.951. The Morgan fingerprint density at radius 3 is 2.27 bits per heavy atom. The molecule has 204 valence electrons. The van der Waals surface area contributed by atoms with Gasteiger partial charge in [0.2, 0.25) is 5.78 Å². The normalized spacial score (nSPS) is 16.4. The molecule has 5 rings (SSSR count). The number of aromatic nitrogens is 4. The van der Waals surface area contributed by atoms with Crippen molar-refractivity contribution in [2.75, 3.05) is 0 Å².